The average Bonchev–Trinajstić information content (AvgIpc) is 3.47. The monoisotopic (exact) mass is 447 g/mol. The molecule has 0 amide bonds. The van der Waals surface area contributed by atoms with Crippen LogP contribution >= 0.6 is 0 Å². The summed E-state index contributed by atoms with van der Waals surface area (Å²) in [7, 11) is 0. The van der Waals surface area contributed by atoms with Gasteiger partial charge in [-0.1, -0.05) is 24.3 Å². The number of pyridine rings is 2. The molecule has 34 heavy (non-hydrogen) atoms. The molecule has 6 heteroatoms. The highest BCUT2D eigenvalue weighted by atomic mass is 16.1. The first-order chi connectivity index (χ1) is 16.4. The topological polar surface area (TPSA) is 76.5 Å². The molecule has 0 saturated carbocycles. The summed E-state index contributed by atoms with van der Waals surface area (Å²) in [4.78, 5) is 22.5. The zero-order valence-corrected chi connectivity index (χ0v) is 19.5. The van der Waals surface area contributed by atoms with Gasteiger partial charge in [0, 0.05) is 37.1 Å². The third kappa shape index (κ3) is 3.65. The van der Waals surface area contributed by atoms with Crippen LogP contribution in [0.5, 0.6) is 0 Å². The van der Waals surface area contributed by atoms with Crippen molar-refractivity contribution in [1.29, 1.82) is 5.26 Å². The summed E-state index contributed by atoms with van der Waals surface area (Å²) in [6.45, 7) is 6.26. The molecule has 1 aromatic carbocycles. The van der Waals surface area contributed by atoms with Gasteiger partial charge in [0.2, 0.25) is 0 Å². The first-order valence-corrected chi connectivity index (χ1v) is 11.4. The van der Waals surface area contributed by atoms with Crippen LogP contribution in [0.4, 0.5) is 0 Å². The Morgan fingerprint density at radius 3 is 2.62 bits per heavy atom. The molecule has 6 nitrogen and oxygen atoms in total. The highest BCUT2D eigenvalue weighted by molar-refractivity contribution is 5.72. The molecule has 0 radical (unpaired) electrons. The van der Waals surface area contributed by atoms with E-state index in [9.17, 15) is 10.1 Å². The van der Waals surface area contributed by atoms with Crippen LogP contribution in [0.1, 0.15) is 37.6 Å². The van der Waals surface area contributed by atoms with Crippen molar-refractivity contribution in [3.05, 3.63) is 94.4 Å². The van der Waals surface area contributed by atoms with Gasteiger partial charge in [0.05, 0.1) is 34.3 Å². The number of hydrogen-bond acceptors (Lipinski definition) is 4. The molecule has 0 saturated heterocycles. The average molecular weight is 448 g/mol. The van der Waals surface area contributed by atoms with Crippen LogP contribution < -0.4 is 5.69 Å². The van der Waals surface area contributed by atoms with E-state index in [0.717, 1.165) is 45.7 Å². The summed E-state index contributed by atoms with van der Waals surface area (Å²) in [6, 6.07) is 16.0. The fourth-order valence-electron chi connectivity index (χ4n) is 4.27. The molecule has 4 aromatic rings. The van der Waals surface area contributed by atoms with E-state index in [2.05, 4.69) is 34.3 Å². The Hall–Kier alpha value is -4.24. The Labute approximate surface area is 198 Å². The summed E-state index contributed by atoms with van der Waals surface area (Å²) < 4.78 is 3.36. The summed E-state index contributed by atoms with van der Waals surface area (Å²) in [6.07, 6.45) is 10.6. The van der Waals surface area contributed by atoms with Crippen molar-refractivity contribution in [3.63, 3.8) is 0 Å². The second-order valence-electron chi connectivity index (χ2n) is 9.00. The highest BCUT2D eigenvalue weighted by Gasteiger charge is 2.21. The van der Waals surface area contributed by atoms with Gasteiger partial charge in [-0.2, -0.15) is 5.26 Å². The third-order valence-corrected chi connectivity index (χ3v) is 6.39. The zero-order chi connectivity index (χ0) is 23.9. The predicted octanol–water partition coefficient (Wildman–Crippen LogP) is 5.15. The Bertz CT molecular complexity index is 1510. The van der Waals surface area contributed by atoms with E-state index >= 15 is 0 Å². The van der Waals surface area contributed by atoms with Gasteiger partial charge in [0.1, 0.15) is 0 Å². The molecule has 0 bridgehead atoms. The van der Waals surface area contributed by atoms with Crippen LogP contribution in [-0.2, 0) is 18.4 Å². The first kappa shape index (κ1) is 21.6. The Morgan fingerprint density at radius 1 is 1.09 bits per heavy atom. The molecule has 0 unspecified atom stereocenters. The van der Waals surface area contributed by atoms with Crippen LogP contribution in [0.3, 0.4) is 0 Å². The largest absolute Gasteiger partial charge is 0.333 e. The lowest BCUT2D eigenvalue weighted by Crippen LogP contribution is -2.23. The molecule has 3 heterocycles. The van der Waals surface area contributed by atoms with E-state index in [1.54, 1.807) is 15.3 Å². The number of fused-ring (bicyclic) bond motifs is 1. The number of benzene rings is 1. The van der Waals surface area contributed by atoms with E-state index in [-0.39, 0.29) is 5.69 Å². The molecule has 0 spiro atoms. The van der Waals surface area contributed by atoms with Gasteiger partial charge in [0.25, 0.3) is 0 Å². The number of imidazole rings is 1. The van der Waals surface area contributed by atoms with Crippen LogP contribution in [0.2, 0.25) is 0 Å². The molecule has 1 aliphatic carbocycles. The zero-order valence-electron chi connectivity index (χ0n) is 19.5. The van der Waals surface area contributed by atoms with Crippen LogP contribution in [-0.4, -0.2) is 19.1 Å². The van der Waals surface area contributed by atoms with E-state index in [0.29, 0.717) is 12.2 Å². The third-order valence-electron chi connectivity index (χ3n) is 6.39. The maximum atomic E-state index is 13.2. The van der Waals surface area contributed by atoms with Crippen LogP contribution in [0.15, 0.2) is 71.9 Å². The molecular formula is C28H25N5O. The summed E-state index contributed by atoms with van der Waals surface area (Å²) in [5, 5.41) is 9.45. The molecule has 0 aliphatic heterocycles. The summed E-state index contributed by atoms with van der Waals surface area (Å²) in [5.74, 6) is 0. The standard InChI is InChI=1S/C28H25N5O/c1-4-32-17-26(33(27(32)34)23-10-8-22(9-11-23)28(2,3)18-29)25-15-19(12-13-30-25)21-14-20-6-5-7-24(20)31-16-21/h5-6,8-17H,4,7H2,1-3H3. The van der Waals surface area contributed by atoms with Crippen molar-refractivity contribution in [3.8, 4) is 34.3 Å². The second kappa shape index (κ2) is 8.27. The van der Waals surface area contributed by atoms with E-state index in [1.807, 2.05) is 69.6 Å². The van der Waals surface area contributed by atoms with Crippen molar-refractivity contribution >= 4 is 6.08 Å². The number of rotatable bonds is 5. The predicted molar refractivity (Wildman–Crippen MR) is 134 cm³/mol. The van der Waals surface area contributed by atoms with Gasteiger partial charge in [-0.3, -0.25) is 19.1 Å². The Morgan fingerprint density at radius 2 is 1.88 bits per heavy atom. The molecule has 0 fully saturated rings. The van der Waals surface area contributed by atoms with Crippen molar-refractivity contribution in [2.75, 3.05) is 0 Å². The summed E-state index contributed by atoms with van der Waals surface area (Å²) in [5.41, 5.74) is 6.59. The van der Waals surface area contributed by atoms with Gasteiger partial charge in [-0.25, -0.2) is 4.79 Å². The number of nitrogens with zero attached hydrogens (tertiary/aromatic N) is 5. The molecule has 168 valence electrons. The molecular weight excluding hydrogens is 422 g/mol. The van der Waals surface area contributed by atoms with E-state index in [4.69, 9.17) is 0 Å². The molecule has 3 aromatic heterocycles. The van der Waals surface area contributed by atoms with Crippen molar-refractivity contribution in [2.45, 2.75) is 39.2 Å². The molecule has 0 atom stereocenters. The molecule has 5 rings (SSSR count). The van der Waals surface area contributed by atoms with E-state index < -0.39 is 5.41 Å². The van der Waals surface area contributed by atoms with Crippen molar-refractivity contribution < 1.29 is 0 Å². The van der Waals surface area contributed by atoms with Crippen molar-refractivity contribution in [2.24, 2.45) is 0 Å². The number of aryl methyl sites for hydroxylation is 1. The fraction of sp³-hybridized carbons (Fsp3) is 0.214. The smallest absolute Gasteiger partial charge is 0.298 e. The minimum Gasteiger partial charge on any atom is -0.298 e. The van der Waals surface area contributed by atoms with Crippen molar-refractivity contribution in [1.82, 2.24) is 19.1 Å². The second-order valence-corrected chi connectivity index (χ2v) is 9.00. The number of nitriles is 1. The minimum absolute atomic E-state index is 0.124. The number of aromatic nitrogens is 4. The lowest BCUT2D eigenvalue weighted by atomic mass is 9.86. The van der Waals surface area contributed by atoms with E-state index in [1.165, 1.54) is 0 Å². The maximum absolute atomic E-state index is 13.2. The first-order valence-electron chi connectivity index (χ1n) is 11.4. The minimum atomic E-state index is -0.601. The van der Waals surface area contributed by atoms with Crippen LogP contribution in [0.25, 0.3) is 34.3 Å². The fourth-order valence-corrected chi connectivity index (χ4v) is 4.27. The SMILES string of the molecule is CCn1cc(-c2cc(-c3cnc4c(c3)C=CC4)ccn2)n(-c2ccc(C(C)(C)C#N)cc2)c1=O. The lowest BCUT2D eigenvalue weighted by molar-refractivity contribution is 0.686. The maximum Gasteiger partial charge on any atom is 0.333 e. The van der Waals surface area contributed by atoms with Gasteiger partial charge in [-0.05, 0) is 67.8 Å². The van der Waals surface area contributed by atoms with Gasteiger partial charge in [0.15, 0.2) is 0 Å². The van der Waals surface area contributed by atoms with Gasteiger partial charge < -0.3 is 0 Å². The lowest BCUT2D eigenvalue weighted by Gasteiger charge is -2.16. The normalized spacial score (nSPS) is 12.5. The summed E-state index contributed by atoms with van der Waals surface area (Å²) >= 11 is 0. The molecule has 1 aliphatic rings. The number of allylic oxidation sites excluding steroid dienone is 1. The van der Waals surface area contributed by atoms with Gasteiger partial charge in [-0.15, -0.1) is 0 Å². The molecule has 0 N–H and O–H groups in total. The highest BCUT2D eigenvalue weighted by Crippen LogP contribution is 2.29. The Balaban J connectivity index is 1.61. The van der Waals surface area contributed by atoms with Gasteiger partial charge >= 0.3 is 5.69 Å². The Kier molecular flexibility index (Phi) is 5.25. The number of hydrogen-bond donors (Lipinski definition) is 0. The van der Waals surface area contributed by atoms with Crippen LogP contribution in [0, 0.1) is 11.3 Å². The quantitative estimate of drug-likeness (QED) is 0.424.